The molecule has 0 aromatic carbocycles. The van der Waals surface area contributed by atoms with Crippen LogP contribution in [0.5, 0.6) is 0 Å². The highest BCUT2D eigenvalue weighted by Crippen LogP contribution is 2.19. The number of rotatable bonds is 4. The molecule has 1 saturated heterocycles. The van der Waals surface area contributed by atoms with E-state index < -0.39 is 0 Å². The Labute approximate surface area is 95.6 Å². The molecule has 2 unspecified atom stereocenters. The highest BCUT2D eigenvalue weighted by atomic mass is 16.5. The van der Waals surface area contributed by atoms with Crippen molar-refractivity contribution in [1.82, 2.24) is 9.97 Å². The second-order valence-electron chi connectivity index (χ2n) is 4.07. The van der Waals surface area contributed by atoms with Gasteiger partial charge in [0.2, 0.25) is 5.95 Å². The van der Waals surface area contributed by atoms with Gasteiger partial charge in [-0.3, -0.25) is 0 Å². The third kappa shape index (κ3) is 2.61. The molecule has 88 valence electrons. The summed E-state index contributed by atoms with van der Waals surface area (Å²) in [6, 6.07) is 2.26. The van der Waals surface area contributed by atoms with Gasteiger partial charge < -0.3 is 15.4 Å². The van der Waals surface area contributed by atoms with Gasteiger partial charge in [0.05, 0.1) is 6.61 Å². The van der Waals surface area contributed by atoms with Crippen molar-refractivity contribution in [3.8, 4) is 0 Å². The maximum Gasteiger partial charge on any atom is 0.224 e. The highest BCUT2D eigenvalue weighted by molar-refractivity contribution is 5.40. The van der Waals surface area contributed by atoms with Crippen molar-refractivity contribution in [3.05, 3.63) is 12.3 Å². The lowest BCUT2D eigenvalue weighted by Gasteiger charge is -2.19. The molecule has 1 aliphatic rings. The summed E-state index contributed by atoms with van der Waals surface area (Å²) in [5, 5.41) is 6.31. The van der Waals surface area contributed by atoms with Crippen LogP contribution < -0.4 is 10.6 Å². The standard InChI is InChI=1S/C11H18N4O/c1-8(9-4-6-16-7-9)14-10-3-5-13-11(12-2)15-10/h3,5,8-9H,4,6-7H2,1-2H3,(H2,12,13,14,15). The molecule has 2 rings (SSSR count). The van der Waals surface area contributed by atoms with Crippen LogP contribution in [0.15, 0.2) is 12.3 Å². The van der Waals surface area contributed by atoms with Gasteiger partial charge in [0.25, 0.3) is 0 Å². The normalized spacial score (nSPS) is 21.8. The Morgan fingerprint density at radius 3 is 3.12 bits per heavy atom. The molecule has 5 nitrogen and oxygen atoms in total. The van der Waals surface area contributed by atoms with E-state index >= 15 is 0 Å². The van der Waals surface area contributed by atoms with Crippen LogP contribution in [0.25, 0.3) is 0 Å². The molecule has 2 N–H and O–H groups in total. The molecule has 0 amide bonds. The first-order valence-electron chi connectivity index (χ1n) is 5.64. The number of anilines is 2. The zero-order valence-electron chi connectivity index (χ0n) is 9.73. The highest BCUT2D eigenvalue weighted by Gasteiger charge is 2.22. The van der Waals surface area contributed by atoms with E-state index in [4.69, 9.17) is 4.74 Å². The lowest BCUT2D eigenvalue weighted by atomic mass is 10.0. The fraction of sp³-hybridized carbons (Fsp3) is 0.636. The van der Waals surface area contributed by atoms with Gasteiger partial charge in [-0.15, -0.1) is 0 Å². The van der Waals surface area contributed by atoms with Crippen LogP contribution >= 0.6 is 0 Å². The maximum atomic E-state index is 5.38. The number of hydrogen-bond acceptors (Lipinski definition) is 5. The predicted molar refractivity (Wildman–Crippen MR) is 63.6 cm³/mol. The monoisotopic (exact) mass is 222 g/mol. The number of ether oxygens (including phenoxy) is 1. The maximum absolute atomic E-state index is 5.38. The molecule has 0 saturated carbocycles. The van der Waals surface area contributed by atoms with E-state index in [-0.39, 0.29) is 0 Å². The van der Waals surface area contributed by atoms with Crippen LogP contribution in [0.3, 0.4) is 0 Å². The Morgan fingerprint density at radius 2 is 2.44 bits per heavy atom. The van der Waals surface area contributed by atoms with Gasteiger partial charge in [-0.05, 0) is 19.4 Å². The Kier molecular flexibility index (Phi) is 3.56. The van der Waals surface area contributed by atoms with Crippen molar-refractivity contribution in [1.29, 1.82) is 0 Å². The van der Waals surface area contributed by atoms with Crippen molar-refractivity contribution >= 4 is 11.8 Å². The summed E-state index contributed by atoms with van der Waals surface area (Å²) in [6.07, 6.45) is 2.87. The Hall–Kier alpha value is -1.36. The topological polar surface area (TPSA) is 59.1 Å². The average molecular weight is 222 g/mol. The molecule has 0 spiro atoms. The number of nitrogens with one attached hydrogen (secondary N) is 2. The molecule has 2 atom stereocenters. The lowest BCUT2D eigenvalue weighted by molar-refractivity contribution is 0.183. The molecule has 2 heterocycles. The van der Waals surface area contributed by atoms with E-state index in [9.17, 15) is 0 Å². The molecule has 1 fully saturated rings. The molecule has 1 aromatic heterocycles. The van der Waals surface area contributed by atoms with Crippen LogP contribution in [0.1, 0.15) is 13.3 Å². The van der Waals surface area contributed by atoms with E-state index in [1.54, 1.807) is 6.20 Å². The Balaban J connectivity index is 1.96. The molecular formula is C11H18N4O. The largest absolute Gasteiger partial charge is 0.381 e. The van der Waals surface area contributed by atoms with Crippen molar-refractivity contribution < 1.29 is 4.74 Å². The Bertz CT molecular complexity index is 339. The number of aromatic nitrogens is 2. The minimum atomic E-state index is 0.377. The average Bonchev–Trinajstić information content (AvgIpc) is 2.83. The molecule has 0 bridgehead atoms. The molecule has 16 heavy (non-hydrogen) atoms. The van der Waals surface area contributed by atoms with E-state index in [2.05, 4.69) is 27.5 Å². The number of nitrogens with zero attached hydrogens (tertiary/aromatic N) is 2. The first-order chi connectivity index (χ1) is 7.79. The third-order valence-electron chi connectivity index (χ3n) is 2.93. The van der Waals surface area contributed by atoms with Crippen molar-refractivity contribution in [3.63, 3.8) is 0 Å². The summed E-state index contributed by atoms with van der Waals surface area (Å²) < 4.78 is 5.38. The van der Waals surface area contributed by atoms with Crippen LogP contribution in [-0.4, -0.2) is 36.3 Å². The van der Waals surface area contributed by atoms with Gasteiger partial charge in [-0.1, -0.05) is 0 Å². The zero-order chi connectivity index (χ0) is 11.4. The predicted octanol–water partition coefficient (Wildman–Crippen LogP) is 1.36. The summed E-state index contributed by atoms with van der Waals surface area (Å²) in [6.45, 7) is 3.89. The SMILES string of the molecule is CNc1nccc(NC(C)C2CCOC2)n1. The zero-order valence-corrected chi connectivity index (χ0v) is 9.73. The van der Waals surface area contributed by atoms with E-state index in [1.165, 1.54) is 0 Å². The summed E-state index contributed by atoms with van der Waals surface area (Å²) >= 11 is 0. The fourth-order valence-corrected chi connectivity index (χ4v) is 1.86. The quantitative estimate of drug-likeness (QED) is 0.805. The molecule has 5 heteroatoms. The second kappa shape index (κ2) is 5.12. The van der Waals surface area contributed by atoms with E-state index in [0.29, 0.717) is 17.9 Å². The molecular weight excluding hydrogens is 204 g/mol. The summed E-state index contributed by atoms with van der Waals surface area (Å²) in [4.78, 5) is 8.40. The van der Waals surface area contributed by atoms with E-state index in [0.717, 1.165) is 25.5 Å². The first kappa shape index (κ1) is 11.1. The van der Waals surface area contributed by atoms with Crippen LogP contribution in [0.2, 0.25) is 0 Å². The van der Waals surface area contributed by atoms with Gasteiger partial charge in [0.15, 0.2) is 0 Å². The van der Waals surface area contributed by atoms with Crippen molar-refractivity contribution in [2.45, 2.75) is 19.4 Å². The van der Waals surface area contributed by atoms with Crippen LogP contribution in [0, 0.1) is 5.92 Å². The smallest absolute Gasteiger partial charge is 0.224 e. The Morgan fingerprint density at radius 1 is 1.56 bits per heavy atom. The van der Waals surface area contributed by atoms with Crippen LogP contribution in [-0.2, 0) is 4.74 Å². The van der Waals surface area contributed by atoms with Gasteiger partial charge in [-0.25, -0.2) is 4.98 Å². The first-order valence-corrected chi connectivity index (χ1v) is 5.64. The van der Waals surface area contributed by atoms with Gasteiger partial charge in [0.1, 0.15) is 5.82 Å². The van der Waals surface area contributed by atoms with E-state index in [1.807, 2.05) is 13.1 Å². The molecule has 0 radical (unpaired) electrons. The molecule has 1 aromatic rings. The summed E-state index contributed by atoms with van der Waals surface area (Å²) in [5.74, 6) is 2.08. The van der Waals surface area contributed by atoms with Gasteiger partial charge in [-0.2, -0.15) is 4.98 Å². The van der Waals surface area contributed by atoms with Gasteiger partial charge >= 0.3 is 0 Å². The van der Waals surface area contributed by atoms with Gasteiger partial charge in [0, 0.05) is 31.8 Å². The minimum Gasteiger partial charge on any atom is -0.381 e. The summed E-state index contributed by atoms with van der Waals surface area (Å²) in [7, 11) is 1.81. The van der Waals surface area contributed by atoms with Crippen molar-refractivity contribution in [2.24, 2.45) is 5.92 Å². The molecule has 0 aliphatic carbocycles. The minimum absolute atomic E-state index is 0.377. The van der Waals surface area contributed by atoms with Crippen molar-refractivity contribution in [2.75, 3.05) is 30.9 Å². The van der Waals surface area contributed by atoms with Crippen LogP contribution in [0.4, 0.5) is 11.8 Å². The summed E-state index contributed by atoms with van der Waals surface area (Å²) in [5.41, 5.74) is 0. The molecule has 1 aliphatic heterocycles. The third-order valence-corrected chi connectivity index (χ3v) is 2.93. The number of hydrogen-bond donors (Lipinski definition) is 2. The lowest BCUT2D eigenvalue weighted by Crippen LogP contribution is -2.26. The second-order valence-corrected chi connectivity index (χ2v) is 4.07. The fourth-order valence-electron chi connectivity index (χ4n) is 1.86.